The van der Waals surface area contributed by atoms with Gasteiger partial charge in [0, 0.05) is 24.6 Å². The van der Waals surface area contributed by atoms with Gasteiger partial charge in [0.2, 0.25) is 5.78 Å². The molecular formula is C28H36N4O7. The second kappa shape index (κ2) is 9.35. The van der Waals surface area contributed by atoms with E-state index < -0.39 is 58.0 Å². The van der Waals surface area contributed by atoms with Crippen molar-refractivity contribution < 1.29 is 34.8 Å². The predicted octanol–water partition coefficient (Wildman–Crippen LogP) is 0.651. The largest absolute Gasteiger partial charge is 0.510 e. The van der Waals surface area contributed by atoms with Crippen molar-refractivity contribution in [2.24, 2.45) is 17.6 Å². The maximum atomic E-state index is 13.9. The Balaban J connectivity index is 1.60. The van der Waals surface area contributed by atoms with Gasteiger partial charge in [0.1, 0.15) is 22.8 Å². The number of aromatic hydroxyl groups is 1. The summed E-state index contributed by atoms with van der Waals surface area (Å²) in [5.41, 5.74) is 2.92. The van der Waals surface area contributed by atoms with Crippen LogP contribution in [-0.4, -0.2) is 107 Å². The number of phenolic OH excluding ortho intramolecular Hbond substituents is 1. The standard InChI is InChI=1S/C28H36N4O7/c1-30(2)21-16-12-14-11-13-5-6-17(32(4)15-7-9-31(3)10-8-15)22(33)18(13)23(34)19(14)25(36)28(16,39)26(37)20(24(21)35)27(29)38/h5-6,14-16,21,33,35-36,39H,7-12H2,1-4H3,(H2,29,38)/t14-,16+,21+,28+/m1/s1. The molecule has 1 fully saturated rings. The number of rotatable bonds is 4. The Bertz CT molecular complexity index is 1330. The highest BCUT2D eigenvalue weighted by Gasteiger charge is 2.63. The molecule has 1 aromatic rings. The highest BCUT2D eigenvalue weighted by atomic mass is 16.3. The second-order valence-corrected chi connectivity index (χ2v) is 11.6. The number of benzene rings is 1. The molecule has 4 aliphatic rings. The van der Waals surface area contributed by atoms with E-state index in [-0.39, 0.29) is 35.8 Å². The maximum Gasteiger partial charge on any atom is 0.255 e. The van der Waals surface area contributed by atoms with E-state index in [1.807, 2.05) is 11.9 Å². The van der Waals surface area contributed by atoms with Gasteiger partial charge in [0.05, 0.1) is 17.3 Å². The highest BCUT2D eigenvalue weighted by molar-refractivity contribution is 6.24. The molecular weight excluding hydrogens is 504 g/mol. The Morgan fingerprint density at radius 2 is 1.74 bits per heavy atom. The van der Waals surface area contributed by atoms with E-state index in [1.54, 1.807) is 26.2 Å². The molecule has 6 N–H and O–H groups in total. The quantitative estimate of drug-likeness (QED) is 0.342. The number of phenols is 1. The molecule has 0 radical (unpaired) electrons. The van der Waals surface area contributed by atoms with Crippen LogP contribution in [0.2, 0.25) is 0 Å². The van der Waals surface area contributed by atoms with Crippen molar-refractivity contribution in [1.29, 1.82) is 0 Å². The Morgan fingerprint density at radius 1 is 1.10 bits per heavy atom. The molecule has 1 saturated heterocycles. The van der Waals surface area contributed by atoms with Crippen molar-refractivity contribution in [1.82, 2.24) is 9.80 Å². The number of hydrogen-bond donors (Lipinski definition) is 5. The SMILES string of the molecule is CN1CCC(N(C)c2ccc3c(c2O)C(=O)C2=C(O)[C@]4(O)C(=O)C(C(N)=O)=C(O)[C@@H](N(C)C)[C@@H]4C[C@H]2C3)CC1. The first-order valence-electron chi connectivity index (χ1n) is 13.2. The number of likely N-dealkylation sites (N-methyl/N-ethyl adjacent to an activating group) is 1. The highest BCUT2D eigenvalue weighted by Crippen LogP contribution is 2.52. The smallest absolute Gasteiger partial charge is 0.255 e. The molecule has 1 heterocycles. The third-order valence-electron chi connectivity index (χ3n) is 9.19. The zero-order valence-electron chi connectivity index (χ0n) is 22.6. The van der Waals surface area contributed by atoms with Crippen LogP contribution in [0.4, 0.5) is 5.69 Å². The van der Waals surface area contributed by atoms with Gasteiger partial charge in [-0.15, -0.1) is 0 Å². The summed E-state index contributed by atoms with van der Waals surface area (Å²) in [6, 6.07) is 2.78. The first-order chi connectivity index (χ1) is 18.3. The summed E-state index contributed by atoms with van der Waals surface area (Å²) in [5.74, 6) is -6.40. The van der Waals surface area contributed by atoms with Gasteiger partial charge < -0.3 is 36.0 Å². The molecule has 0 saturated carbocycles. The number of carbonyl (C=O) groups excluding carboxylic acids is 3. The number of fused-ring (bicyclic) bond motifs is 3. The van der Waals surface area contributed by atoms with Gasteiger partial charge >= 0.3 is 0 Å². The van der Waals surface area contributed by atoms with Gasteiger partial charge in [-0.2, -0.15) is 0 Å². The summed E-state index contributed by atoms with van der Waals surface area (Å²) in [4.78, 5) is 45.2. The number of piperidine rings is 1. The van der Waals surface area contributed by atoms with E-state index in [2.05, 4.69) is 11.9 Å². The first kappa shape index (κ1) is 27.2. The van der Waals surface area contributed by atoms with Gasteiger partial charge in [-0.25, -0.2) is 0 Å². The lowest BCUT2D eigenvalue weighted by atomic mass is 9.58. The van der Waals surface area contributed by atoms with Crippen LogP contribution in [0.15, 0.2) is 34.8 Å². The second-order valence-electron chi connectivity index (χ2n) is 11.6. The van der Waals surface area contributed by atoms with Crippen LogP contribution in [0.25, 0.3) is 0 Å². The number of carbonyl (C=O) groups is 3. The van der Waals surface area contributed by atoms with Crippen LogP contribution in [0.1, 0.15) is 35.2 Å². The molecule has 1 aromatic carbocycles. The van der Waals surface area contributed by atoms with Crippen molar-refractivity contribution in [3.05, 3.63) is 45.9 Å². The fourth-order valence-corrected chi connectivity index (χ4v) is 7.08. The lowest BCUT2D eigenvalue weighted by Gasteiger charge is -2.50. The number of Topliss-reactive ketones (excluding diaryl/α,β-unsaturated/α-hetero) is 2. The van der Waals surface area contributed by atoms with Crippen molar-refractivity contribution in [3.8, 4) is 5.75 Å². The van der Waals surface area contributed by atoms with Crippen LogP contribution in [-0.2, 0) is 16.0 Å². The number of allylic oxidation sites excluding steroid dienone is 1. The average Bonchev–Trinajstić information content (AvgIpc) is 2.86. The Morgan fingerprint density at radius 3 is 2.33 bits per heavy atom. The van der Waals surface area contributed by atoms with E-state index >= 15 is 0 Å². The van der Waals surface area contributed by atoms with Crippen LogP contribution >= 0.6 is 0 Å². The van der Waals surface area contributed by atoms with Gasteiger partial charge in [-0.05, 0) is 77.5 Å². The summed E-state index contributed by atoms with van der Waals surface area (Å²) in [6.45, 7) is 1.84. The van der Waals surface area contributed by atoms with Crippen molar-refractivity contribution in [2.45, 2.75) is 43.4 Å². The number of nitrogens with two attached hydrogens (primary N) is 1. The number of likely N-dealkylation sites (tertiary alicyclic amines) is 1. The van der Waals surface area contributed by atoms with Gasteiger partial charge in [0.15, 0.2) is 11.4 Å². The third-order valence-corrected chi connectivity index (χ3v) is 9.19. The van der Waals surface area contributed by atoms with Crippen LogP contribution in [0.3, 0.4) is 0 Å². The number of primary amides is 1. The molecule has 0 bridgehead atoms. The fraction of sp³-hybridized carbons (Fsp3) is 0.536. The molecule has 11 heteroatoms. The van der Waals surface area contributed by atoms with Gasteiger partial charge in [0.25, 0.3) is 5.91 Å². The maximum absolute atomic E-state index is 13.9. The zero-order chi connectivity index (χ0) is 28.5. The molecule has 1 amide bonds. The number of aliphatic hydroxyl groups excluding tert-OH is 2. The molecule has 0 spiro atoms. The Labute approximate surface area is 226 Å². The summed E-state index contributed by atoms with van der Waals surface area (Å²) >= 11 is 0. The molecule has 0 unspecified atom stereocenters. The monoisotopic (exact) mass is 540 g/mol. The minimum Gasteiger partial charge on any atom is -0.510 e. The third kappa shape index (κ3) is 3.86. The number of nitrogens with zero attached hydrogens (tertiary/aromatic N) is 3. The van der Waals surface area contributed by atoms with E-state index in [0.29, 0.717) is 11.3 Å². The number of amides is 1. The number of ketones is 2. The van der Waals surface area contributed by atoms with Crippen LogP contribution in [0.5, 0.6) is 5.75 Å². The van der Waals surface area contributed by atoms with Gasteiger partial charge in [-0.1, -0.05) is 6.07 Å². The molecule has 1 aliphatic heterocycles. The minimum atomic E-state index is -2.64. The topological polar surface area (TPSA) is 168 Å². The summed E-state index contributed by atoms with van der Waals surface area (Å²) in [7, 11) is 7.15. The zero-order valence-corrected chi connectivity index (χ0v) is 22.6. The molecule has 5 rings (SSSR count). The molecule has 210 valence electrons. The van der Waals surface area contributed by atoms with Crippen molar-refractivity contribution in [3.63, 3.8) is 0 Å². The fourth-order valence-electron chi connectivity index (χ4n) is 7.08. The van der Waals surface area contributed by atoms with E-state index in [1.165, 1.54) is 4.90 Å². The summed E-state index contributed by atoms with van der Waals surface area (Å²) < 4.78 is 0. The summed E-state index contributed by atoms with van der Waals surface area (Å²) in [6.07, 6.45) is 2.15. The van der Waals surface area contributed by atoms with Crippen LogP contribution < -0.4 is 10.6 Å². The van der Waals surface area contributed by atoms with E-state index in [4.69, 9.17) is 5.73 Å². The first-order valence-corrected chi connectivity index (χ1v) is 13.2. The molecule has 39 heavy (non-hydrogen) atoms. The van der Waals surface area contributed by atoms with E-state index in [0.717, 1.165) is 25.9 Å². The Kier molecular flexibility index (Phi) is 6.52. The van der Waals surface area contributed by atoms with Crippen molar-refractivity contribution >= 4 is 23.2 Å². The lowest BCUT2D eigenvalue weighted by molar-refractivity contribution is -0.148. The average molecular weight is 541 g/mol. The summed E-state index contributed by atoms with van der Waals surface area (Å²) in [5, 5.41) is 45.3. The predicted molar refractivity (Wildman–Crippen MR) is 143 cm³/mol. The molecule has 0 aromatic heterocycles. The lowest BCUT2D eigenvalue weighted by Crippen LogP contribution is -2.63. The molecule has 4 atom stereocenters. The minimum absolute atomic E-state index is 0.0352. The van der Waals surface area contributed by atoms with Gasteiger partial charge in [-0.3, -0.25) is 19.3 Å². The van der Waals surface area contributed by atoms with E-state index in [9.17, 15) is 34.8 Å². The molecule has 3 aliphatic carbocycles. The van der Waals surface area contributed by atoms with Crippen LogP contribution in [0, 0.1) is 11.8 Å². The number of hydrogen-bond acceptors (Lipinski definition) is 10. The Hall–Kier alpha value is -3.41. The molecule has 11 nitrogen and oxygen atoms in total. The number of anilines is 1. The normalized spacial score (nSPS) is 29.8. The van der Waals surface area contributed by atoms with Crippen molar-refractivity contribution in [2.75, 3.05) is 46.2 Å². The number of aliphatic hydroxyl groups is 3.